The van der Waals surface area contributed by atoms with Crippen molar-refractivity contribution in [1.29, 1.82) is 0 Å². The van der Waals surface area contributed by atoms with E-state index in [1.165, 1.54) is 0 Å². The fourth-order valence-electron chi connectivity index (χ4n) is 2.67. The number of nitrogens with zero attached hydrogens (tertiary/aromatic N) is 2. The topological polar surface area (TPSA) is 54.3 Å². The van der Waals surface area contributed by atoms with Gasteiger partial charge in [0, 0.05) is 32.0 Å². The number of sulfonamides is 1. The highest BCUT2D eigenvalue weighted by Crippen LogP contribution is 2.22. The number of aryl methyl sites for hydroxylation is 1. The van der Waals surface area contributed by atoms with Crippen molar-refractivity contribution >= 4 is 10.0 Å². The maximum absolute atomic E-state index is 12.8. The van der Waals surface area contributed by atoms with Crippen LogP contribution in [0.1, 0.15) is 26.7 Å². The van der Waals surface area contributed by atoms with Gasteiger partial charge in [-0.3, -0.25) is 0 Å². The van der Waals surface area contributed by atoms with Crippen molar-refractivity contribution in [1.82, 2.24) is 14.2 Å². The first-order valence-electron chi connectivity index (χ1n) is 7.26. The molecule has 0 atom stereocenters. The lowest BCUT2D eigenvalue weighted by Gasteiger charge is -2.31. The summed E-state index contributed by atoms with van der Waals surface area (Å²) in [5.41, 5.74) is 0. The van der Waals surface area contributed by atoms with E-state index in [-0.39, 0.29) is 6.04 Å². The Morgan fingerprint density at radius 1 is 1.40 bits per heavy atom. The molecule has 114 valence electrons. The van der Waals surface area contributed by atoms with E-state index in [0.717, 1.165) is 25.9 Å². The third-order valence-electron chi connectivity index (χ3n) is 3.88. The molecule has 0 radical (unpaired) electrons. The van der Waals surface area contributed by atoms with Crippen molar-refractivity contribution in [2.24, 2.45) is 13.0 Å². The summed E-state index contributed by atoms with van der Waals surface area (Å²) in [5.74, 6) is 0.456. The highest BCUT2D eigenvalue weighted by Gasteiger charge is 2.30. The van der Waals surface area contributed by atoms with E-state index in [4.69, 9.17) is 0 Å². The van der Waals surface area contributed by atoms with Gasteiger partial charge in [0.25, 0.3) is 0 Å². The molecule has 1 aromatic heterocycles. The van der Waals surface area contributed by atoms with Crippen LogP contribution in [-0.4, -0.2) is 43.0 Å². The van der Waals surface area contributed by atoms with E-state index >= 15 is 0 Å². The lowest BCUT2D eigenvalue weighted by molar-refractivity contribution is 0.261. The Morgan fingerprint density at radius 3 is 2.55 bits per heavy atom. The molecule has 1 saturated heterocycles. The van der Waals surface area contributed by atoms with Gasteiger partial charge >= 0.3 is 0 Å². The summed E-state index contributed by atoms with van der Waals surface area (Å²) in [7, 11) is -1.55. The maximum Gasteiger partial charge on any atom is 0.244 e. The Balaban J connectivity index is 2.19. The molecule has 1 fully saturated rings. The second-order valence-corrected chi connectivity index (χ2v) is 7.77. The van der Waals surface area contributed by atoms with Gasteiger partial charge in [0.05, 0.1) is 4.90 Å². The Hall–Kier alpha value is -0.850. The molecule has 0 aliphatic carbocycles. The molecule has 0 unspecified atom stereocenters. The van der Waals surface area contributed by atoms with Gasteiger partial charge < -0.3 is 9.88 Å². The van der Waals surface area contributed by atoms with Crippen molar-refractivity contribution < 1.29 is 8.42 Å². The van der Waals surface area contributed by atoms with E-state index in [9.17, 15) is 8.42 Å². The van der Waals surface area contributed by atoms with Crippen LogP contribution in [0.25, 0.3) is 0 Å². The molecule has 1 aliphatic rings. The molecule has 0 aromatic carbocycles. The van der Waals surface area contributed by atoms with Crippen LogP contribution >= 0.6 is 0 Å². The standard InChI is InChI=1S/C14H25N3O2S/c1-12(2)17(10-13-4-7-15-8-5-13)20(18,19)14-6-9-16(3)11-14/h6,9,11-13,15H,4-5,7-8,10H2,1-3H3. The van der Waals surface area contributed by atoms with E-state index < -0.39 is 10.0 Å². The van der Waals surface area contributed by atoms with Crippen LogP contribution in [0.15, 0.2) is 23.4 Å². The maximum atomic E-state index is 12.8. The van der Waals surface area contributed by atoms with Crippen LogP contribution in [0.2, 0.25) is 0 Å². The van der Waals surface area contributed by atoms with Crippen LogP contribution in [0, 0.1) is 5.92 Å². The second-order valence-electron chi connectivity index (χ2n) is 5.87. The molecule has 0 spiro atoms. The van der Waals surface area contributed by atoms with Gasteiger partial charge in [0.1, 0.15) is 0 Å². The minimum atomic E-state index is -3.39. The summed E-state index contributed by atoms with van der Waals surface area (Å²) in [6, 6.07) is 1.66. The molecule has 0 saturated carbocycles. The summed E-state index contributed by atoms with van der Waals surface area (Å²) in [6.45, 7) is 6.49. The summed E-state index contributed by atoms with van der Waals surface area (Å²) in [6.07, 6.45) is 5.55. The first-order chi connectivity index (χ1) is 9.41. The molecule has 0 bridgehead atoms. The third kappa shape index (κ3) is 3.42. The molecular formula is C14H25N3O2S. The van der Waals surface area contributed by atoms with Crippen LogP contribution < -0.4 is 5.32 Å². The Labute approximate surface area is 122 Å². The number of piperidine rings is 1. The Bertz CT molecular complexity index is 530. The summed E-state index contributed by atoms with van der Waals surface area (Å²) < 4.78 is 28.9. The van der Waals surface area contributed by atoms with E-state index in [1.807, 2.05) is 20.9 Å². The lowest BCUT2D eigenvalue weighted by Crippen LogP contribution is -2.42. The highest BCUT2D eigenvalue weighted by molar-refractivity contribution is 7.89. The predicted octanol–water partition coefficient (Wildman–Crippen LogP) is 1.42. The van der Waals surface area contributed by atoms with Gasteiger partial charge in [-0.1, -0.05) is 0 Å². The number of hydrogen-bond donors (Lipinski definition) is 1. The number of rotatable bonds is 5. The van der Waals surface area contributed by atoms with E-state index in [2.05, 4.69) is 5.32 Å². The molecular weight excluding hydrogens is 274 g/mol. The molecule has 5 nitrogen and oxygen atoms in total. The average Bonchev–Trinajstić information content (AvgIpc) is 2.84. The normalized spacial score (nSPS) is 18.1. The molecule has 2 heterocycles. The molecule has 20 heavy (non-hydrogen) atoms. The lowest BCUT2D eigenvalue weighted by atomic mass is 9.98. The third-order valence-corrected chi connectivity index (χ3v) is 5.91. The largest absolute Gasteiger partial charge is 0.356 e. The minimum Gasteiger partial charge on any atom is -0.356 e. The number of hydrogen-bond acceptors (Lipinski definition) is 3. The first-order valence-corrected chi connectivity index (χ1v) is 8.70. The van der Waals surface area contributed by atoms with Gasteiger partial charge in [-0.2, -0.15) is 4.31 Å². The summed E-state index contributed by atoms with van der Waals surface area (Å²) >= 11 is 0. The predicted molar refractivity (Wildman–Crippen MR) is 80.0 cm³/mol. The Kier molecular flexibility index (Phi) is 4.88. The van der Waals surface area contributed by atoms with Crippen LogP contribution in [0.3, 0.4) is 0 Å². The van der Waals surface area contributed by atoms with Crippen molar-refractivity contribution in [3.05, 3.63) is 18.5 Å². The smallest absolute Gasteiger partial charge is 0.244 e. The summed E-state index contributed by atoms with van der Waals surface area (Å²) in [4.78, 5) is 0.391. The van der Waals surface area contributed by atoms with Gasteiger partial charge in [-0.25, -0.2) is 8.42 Å². The Morgan fingerprint density at radius 2 is 2.05 bits per heavy atom. The van der Waals surface area contributed by atoms with Crippen molar-refractivity contribution in [3.8, 4) is 0 Å². The van der Waals surface area contributed by atoms with Gasteiger partial charge in [0.15, 0.2) is 0 Å². The zero-order valence-corrected chi connectivity index (χ0v) is 13.4. The average molecular weight is 299 g/mol. The van der Waals surface area contributed by atoms with Crippen LogP contribution in [0.4, 0.5) is 0 Å². The zero-order chi connectivity index (χ0) is 14.8. The molecule has 1 aliphatic heterocycles. The molecule has 1 aromatic rings. The van der Waals surface area contributed by atoms with Crippen molar-refractivity contribution in [2.45, 2.75) is 37.6 Å². The molecule has 1 N–H and O–H groups in total. The SMILES string of the molecule is CC(C)N(CC1CCNCC1)S(=O)(=O)c1ccn(C)c1. The monoisotopic (exact) mass is 299 g/mol. The van der Waals surface area contributed by atoms with Crippen molar-refractivity contribution in [2.75, 3.05) is 19.6 Å². The second kappa shape index (κ2) is 6.28. The molecule has 0 amide bonds. The molecule has 6 heteroatoms. The molecule has 2 rings (SSSR count). The fraction of sp³-hybridized carbons (Fsp3) is 0.714. The first kappa shape index (κ1) is 15.5. The van der Waals surface area contributed by atoms with Gasteiger partial charge in [-0.05, 0) is 51.8 Å². The van der Waals surface area contributed by atoms with Crippen LogP contribution in [-0.2, 0) is 17.1 Å². The number of nitrogens with one attached hydrogen (secondary N) is 1. The van der Waals surface area contributed by atoms with Gasteiger partial charge in [0.2, 0.25) is 10.0 Å². The van der Waals surface area contributed by atoms with E-state index in [0.29, 0.717) is 17.4 Å². The number of aromatic nitrogens is 1. The van der Waals surface area contributed by atoms with Gasteiger partial charge in [-0.15, -0.1) is 0 Å². The fourth-order valence-corrected chi connectivity index (χ4v) is 4.44. The van der Waals surface area contributed by atoms with Crippen LogP contribution in [0.5, 0.6) is 0 Å². The quantitative estimate of drug-likeness (QED) is 0.895. The minimum absolute atomic E-state index is 0.0184. The van der Waals surface area contributed by atoms with E-state index in [1.54, 1.807) is 27.3 Å². The zero-order valence-electron chi connectivity index (χ0n) is 12.5. The van der Waals surface area contributed by atoms with Crippen molar-refractivity contribution in [3.63, 3.8) is 0 Å². The highest BCUT2D eigenvalue weighted by atomic mass is 32.2. The summed E-state index contributed by atoms with van der Waals surface area (Å²) in [5, 5.41) is 3.32.